The Morgan fingerprint density at radius 2 is 2.05 bits per heavy atom. The summed E-state index contributed by atoms with van der Waals surface area (Å²) in [6.45, 7) is 0.553. The maximum Gasteiger partial charge on any atom is 0.227 e. The molecule has 1 saturated heterocycles. The zero-order chi connectivity index (χ0) is 15.5. The molecule has 0 spiro atoms. The van der Waals surface area contributed by atoms with Crippen LogP contribution in [-0.2, 0) is 16.0 Å². The van der Waals surface area contributed by atoms with Crippen molar-refractivity contribution in [3.63, 3.8) is 0 Å². The van der Waals surface area contributed by atoms with Crippen molar-refractivity contribution in [2.45, 2.75) is 25.0 Å². The highest BCUT2D eigenvalue weighted by Crippen LogP contribution is 2.22. The highest BCUT2D eigenvalue weighted by molar-refractivity contribution is 5.85. The molecule has 0 aromatic heterocycles. The number of likely N-dealkylation sites (tertiary alicyclic amines) is 1. The number of fused-ring (bicyclic) bond motifs is 1. The van der Waals surface area contributed by atoms with Crippen molar-refractivity contribution in [2.24, 2.45) is 0 Å². The molecule has 1 aliphatic rings. The predicted molar refractivity (Wildman–Crippen MR) is 85.7 cm³/mol. The van der Waals surface area contributed by atoms with Crippen LogP contribution in [0.3, 0.4) is 0 Å². The standard InChI is InChI=1S/C18H21NO3/c1-22-17-10-16(12-20)19(11-17)18(21)9-13-6-7-14-4-2-3-5-15(14)8-13/h2-8,16-17,20H,9-12H2,1H3/t16-,17+/m0/s1. The molecule has 1 amide bonds. The van der Waals surface area contributed by atoms with Gasteiger partial charge in [-0.3, -0.25) is 4.79 Å². The van der Waals surface area contributed by atoms with Crippen LogP contribution >= 0.6 is 0 Å². The lowest BCUT2D eigenvalue weighted by atomic mass is 10.0. The fraction of sp³-hybridized carbons (Fsp3) is 0.389. The zero-order valence-corrected chi connectivity index (χ0v) is 12.7. The van der Waals surface area contributed by atoms with Crippen LogP contribution in [0.15, 0.2) is 42.5 Å². The first-order valence-corrected chi connectivity index (χ1v) is 7.62. The zero-order valence-electron chi connectivity index (χ0n) is 12.7. The van der Waals surface area contributed by atoms with Crippen molar-refractivity contribution in [1.82, 2.24) is 4.90 Å². The van der Waals surface area contributed by atoms with Gasteiger partial charge < -0.3 is 14.7 Å². The Bertz CT molecular complexity index is 670. The Morgan fingerprint density at radius 3 is 2.77 bits per heavy atom. The van der Waals surface area contributed by atoms with Gasteiger partial charge in [0.1, 0.15) is 0 Å². The van der Waals surface area contributed by atoms with E-state index in [1.54, 1.807) is 12.0 Å². The SMILES string of the molecule is CO[C@@H]1C[C@@H](CO)N(C(=O)Cc2ccc3ccccc3c2)C1. The average molecular weight is 299 g/mol. The van der Waals surface area contributed by atoms with E-state index in [4.69, 9.17) is 4.74 Å². The van der Waals surface area contributed by atoms with Crippen molar-refractivity contribution in [2.75, 3.05) is 20.3 Å². The van der Waals surface area contributed by atoms with Gasteiger partial charge in [0.25, 0.3) is 0 Å². The average Bonchev–Trinajstić information content (AvgIpc) is 2.98. The molecular formula is C18H21NO3. The number of aliphatic hydroxyl groups is 1. The molecule has 0 unspecified atom stereocenters. The van der Waals surface area contributed by atoms with Gasteiger partial charge in [0, 0.05) is 13.7 Å². The number of ether oxygens (including phenoxy) is 1. The van der Waals surface area contributed by atoms with Crippen LogP contribution in [0.4, 0.5) is 0 Å². The predicted octanol–water partition coefficient (Wildman–Crippen LogP) is 1.99. The summed E-state index contributed by atoms with van der Waals surface area (Å²) >= 11 is 0. The molecule has 1 N–H and O–H groups in total. The molecular weight excluding hydrogens is 278 g/mol. The lowest BCUT2D eigenvalue weighted by molar-refractivity contribution is -0.132. The lowest BCUT2D eigenvalue weighted by Gasteiger charge is -2.22. The number of benzene rings is 2. The van der Waals surface area contributed by atoms with Gasteiger partial charge in [-0.25, -0.2) is 0 Å². The van der Waals surface area contributed by atoms with Crippen LogP contribution in [0.1, 0.15) is 12.0 Å². The topological polar surface area (TPSA) is 49.8 Å². The van der Waals surface area contributed by atoms with E-state index in [1.165, 1.54) is 5.39 Å². The molecule has 4 heteroatoms. The first-order valence-electron chi connectivity index (χ1n) is 7.62. The Hall–Kier alpha value is -1.91. The van der Waals surface area contributed by atoms with Gasteiger partial charge in [-0.15, -0.1) is 0 Å². The van der Waals surface area contributed by atoms with E-state index in [0.29, 0.717) is 19.4 Å². The van der Waals surface area contributed by atoms with Crippen LogP contribution in [0, 0.1) is 0 Å². The van der Waals surface area contributed by atoms with Crippen molar-refractivity contribution < 1.29 is 14.6 Å². The molecule has 0 saturated carbocycles. The number of aliphatic hydroxyl groups excluding tert-OH is 1. The van der Waals surface area contributed by atoms with Crippen LogP contribution in [-0.4, -0.2) is 48.3 Å². The maximum absolute atomic E-state index is 12.5. The number of nitrogens with zero attached hydrogens (tertiary/aromatic N) is 1. The van der Waals surface area contributed by atoms with E-state index in [2.05, 4.69) is 18.2 Å². The van der Waals surface area contributed by atoms with Gasteiger partial charge in [0.05, 0.1) is 25.2 Å². The van der Waals surface area contributed by atoms with Gasteiger partial charge in [-0.2, -0.15) is 0 Å². The molecule has 1 fully saturated rings. The molecule has 22 heavy (non-hydrogen) atoms. The minimum atomic E-state index is -0.127. The quantitative estimate of drug-likeness (QED) is 0.939. The molecule has 3 rings (SSSR count). The van der Waals surface area contributed by atoms with Crippen LogP contribution in [0.25, 0.3) is 10.8 Å². The number of amides is 1. The van der Waals surface area contributed by atoms with E-state index >= 15 is 0 Å². The van der Waals surface area contributed by atoms with E-state index in [0.717, 1.165) is 10.9 Å². The summed E-state index contributed by atoms with van der Waals surface area (Å²) in [5.74, 6) is 0.0499. The van der Waals surface area contributed by atoms with Crippen molar-refractivity contribution >= 4 is 16.7 Å². The molecule has 0 bridgehead atoms. The minimum Gasteiger partial charge on any atom is -0.394 e. The molecule has 0 aliphatic carbocycles. The van der Waals surface area contributed by atoms with Gasteiger partial charge in [-0.1, -0.05) is 42.5 Å². The fourth-order valence-electron chi connectivity index (χ4n) is 3.15. The van der Waals surface area contributed by atoms with E-state index < -0.39 is 0 Å². The highest BCUT2D eigenvalue weighted by atomic mass is 16.5. The monoisotopic (exact) mass is 299 g/mol. The summed E-state index contributed by atoms with van der Waals surface area (Å²) in [5.41, 5.74) is 1.00. The van der Waals surface area contributed by atoms with Gasteiger partial charge >= 0.3 is 0 Å². The largest absolute Gasteiger partial charge is 0.394 e. The third-order valence-electron chi connectivity index (χ3n) is 4.41. The summed E-state index contributed by atoms with van der Waals surface area (Å²) < 4.78 is 5.33. The Labute approximate surface area is 130 Å². The number of hydrogen-bond acceptors (Lipinski definition) is 3. The summed E-state index contributed by atoms with van der Waals surface area (Å²) in [6.07, 6.45) is 1.09. The number of hydrogen-bond donors (Lipinski definition) is 1. The third-order valence-corrected chi connectivity index (χ3v) is 4.41. The second kappa shape index (κ2) is 6.46. The van der Waals surface area contributed by atoms with Gasteiger partial charge in [-0.05, 0) is 22.8 Å². The second-order valence-electron chi connectivity index (χ2n) is 5.83. The molecule has 116 valence electrons. The molecule has 4 nitrogen and oxygen atoms in total. The molecule has 1 heterocycles. The molecule has 0 radical (unpaired) electrons. The van der Waals surface area contributed by atoms with E-state index in [1.807, 2.05) is 24.3 Å². The maximum atomic E-state index is 12.5. The van der Waals surface area contributed by atoms with E-state index in [-0.39, 0.29) is 24.7 Å². The van der Waals surface area contributed by atoms with Crippen LogP contribution in [0.2, 0.25) is 0 Å². The molecule has 2 aromatic rings. The first kappa shape index (κ1) is 15.0. The van der Waals surface area contributed by atoms with Crippen molar-refractivity contribution in [3.05, 3.63) is 48.0 Å². The minimum absolute atomic E-state index is 0.0106. The van der Waals surface area contributed by atoms with Gasteiger partial charge in [0.2, 0.25) is 5.91 Å². The number of carbonyl (C=O) groups excluding carboxylic acids is 1. The van der Waals surface area contributed by atoms with E-state index in [9.17, 15) is 9.90 Å². The first-order chi connectivity index (χ1) is 10.7. The summed E-state index contributed by atoms with van der Waals surface area (Å²) in [6, 6.07) is 14.1. The fourth-order valence-corrected chi connectivity index (χ4v) is 3.15. The van der Waals surface area contributed by atoms with Crippen molar-refractivity contribution in [3.8, 4) is 0 Å². The Balaban J connectivity index is 1.74. The molecule has 1 aliphatic heterocycles. The second-order valence-corrected chi connectivity index (χ2v) is 5.83. The normalized spacial score (nSPS) is 21.5. The van der Waals surface area contributed by atoms with Crippen LogP contribution < -0.4 is 0 Å². The smallest absolute Gasteiger partial charge is 0.227 e. The number of carbonyl (C=O) groups is 1. The highest BCUT2D eigenvalue weighted by Gasteiger charge is 2.34. The van der Waals surface area contributed by atoms with Crippen LogP contribution in [0.5, 0.6) is 0 Å². The van der Waals surface area contributed by atoms with Gasteiger partial charge in [0.15, 0.2) is 0 Å². The third kappa shape index (κ3) is 2.98. The summed E-state index contributed by atoms with van der Waals surface area (Å²) in [7, 11) is 1.65. The summed E-state index contributed by atoms with van der Waals surface area (Å²) in [5, 5.41) is 11.8. The Morgan fingerprint density at radius 1 is 1.27 bits per heavy atom. The molecule has 2 aromatic carbocycles. The summed E-state index contributed by atoms with van der Waals surface area (Å²) in [4.78, 5) is 14.3. The number of methoxy groups -OCH3 is 1. The lowest BCUT2D eigenvalue weighted by Crippen LogP contribution is -2.38. The Kier molecular flexibility index (Phi) is 4.41. The van der Waals surface area contributed by atoms with Crippen molar-refractivity contribution in [1.29, 1.82) is 0 Å². The molecule has 2 atom stereocenters. The number of rotatable bonds is 4.